The van der Waals surface area contributed by atoms with Crippen molar-refractivity contribution in [3.8, 4) is 0 Å². The summed E-state index contributed by atoms with van der Waals surface area (Å²) in [5, 5.41) is 8.72. The van der Waals surface area contributed by atoms with E-state index in [0.29, 0.717) is 6.42 Å². The Kier molecular flexibility index (Phi) is 4.93. The summed E-state index contributed by atoms with van der Waals surface area (Å²) in [5.74, 6) is 1.05. The van der Waals surface area contributed by atoms with E-state index in [-0.39, 0.29) is 12.6 Å². The number of hydrogen-bond donors (Lipinski definition) is 2. The van der Waals surface area contributed by atoms with Gasteiger partial charge in [-0.2, -0.15) is 0 Å². The van der Waals surface area contributed by atoms with Gasteiger partial charge in [-0.1, -0.05) is 6.92 Å². The van der Waals surface area contributed by atoms with Gasteiger partial charge in [0.2, 0.25) is 0 Å². The molecular formula is C10H16N2OS. The number of rotatable bonds is 5. The van der Waals surface area contributed by atoms with E-state index in [9.17, 15) is 0 Å². The van der Waals surface area contributed by atoms with Gasteiger partial charge in [-0.15, -0.1) is 11.8 Å². The standard InChI is InChI=1S/C10H16N2OS/c1-2-14-8-3-4-10(12-7-8)9(11)5-6-13/h3-4,7,9,13H,2,5-6,11H2,1H3. The summed E-state index contributed by atoms with van der Waals surface area (Å²) in [6.07, 6.45) is 2.40. The lowest BCUT2D eigenvalue weighted by Crippen LogP contribution is -2.13. The lowest BCUT2D eigenvalue weighted by Gasteiger charge is -2.09. The molecule has 0 aliphatic rings. The van der Waals surface area contributed by atoms with Crippen LogP contribution in [-0.2, 0) is 0 Å². The fourth-order valence-electron chi connectivity index (χ4n) is 1.15. The lowest BCUT2D eigenvalue weighted by atomic mass is 10.1. The number of nitrogens with zero attached hydrogens (tertiary/aromatic N) is 1. The molecule has 4 heteroatoms. The highest BCUT2D eigenvalue weighted by atomic mass is 32.2. The van der Waals surface area contributed by atoms with Gasteiger partial charge >= 0.3 is 0 Å². The molecule has 1 aromatic rings. The molecule has 0 fully saturated rings. The van der Waals surface area contributed by atoms with E-state index in [4.69, 9.17) is 10.8 Å². The van der Waals surface area contributed by atoms with Crippen LogP contribution >= 0.6 is 11.8 Å². The number of pyridine rings is 1. The molecule has 0 radical (unpaired) electrons. The maximum absolute atomic E-state index is 8.72. The predicted molar refractivity (Wildman–Crippen MR) is 59.3 cm³/mol. The highest BCUT2D eigenvalue weighted by molar-refractivity contribution is 7.99. The van der Waals surface area contributed by atoms with Crippen LogP contribution < -0.4 is 5.73 Å². The van der Waals surface area contributed by atoms with Crippen molar-refractivity contribution < 1.29 is 5.11 Å². The van der Waals surface area contributed by atoms with E-state index in [1.165, 1.54) is 0 Å². The van der Waals surface area contributed by atoms with Crippen LogP contribution in [0.2, 0.25) is 0 Å². The van der Waals surface area contributed by atoms with Crippen molar-refractivity contribution in [2.45, 2.75) is 24.3 Å². The zero-order valence-corrected chi connectivity index (χ0v) is 9.13. The molecule has 0 spiro atoms. The van der Waals surface area contributed by atoms with Crippen molar-refractivity contribution in [2.24, 2.45) is 5.73 Å². The van der Waals surface area contributed by atoms with Gasteiger partial charge < -0.3 is 10.8 Å². The van der Waals surface area contributed by atoms with Crippen LogP contribution in [-0.4, -0.2) is 22.5 Å². The molecule has 1 rings (SSSR count). The normalized spacial score (nSPS) is 12.8. The van der Waals surface area contributed by atoms with Crippen molar-refractivity contribution in [3.63, 3.8) is 0 Å². The van der Waals surface area contributed by atoms with E-state index in [1.807, 2.05) is 18.3 Å². The maximum Gasteiger partial charge on any atom is 0.0572 e. The quantitative estimate of drug-likeness (QED) is 0.727. The topological polar surface area (TPSA) is 59.1 Å². The first-order chi connectivity index (χ1) is 6.77. The second-order valence-electron chi connectivity index (χ2n) is 2.97. The Morgan fingerprint density at radius 1 is 1.57 bits per heavy atom. The van der Waals surface area contributed by atoms with E-state index < -0.39 is 0 Å². The van der Waals surface area contributed by atoms with Crippen molar-refractivity contribution >= 4 is 11.8 Å². The molecule has 1 heterocycles. The summed E-state index contributed by atoms with van der Waals surface area (Å²) in [4.78, 5) is 5.42. The highest BCUT2D eigenvalue weighted by Gasteiger charge is 2.05. The highest BCUT2D eigenvalue weighted by Crippen LogP contribution is 2.18. The van der Waals surface area contributed by atoms with Crippen LogP contribution in [0.3, 0.4) is 0 Å². The predicted octanol–water partition coefficient (Wildman–Crippen LogP) is 1.58. The number of aromatic nitrogens is 1. The van der Waals surface area contributed by atoms with Crippen molar-refractivity contribution in [2.75, 3.05) is 12.4 Å². The van der Waals surface area contributed by atoms with Crippen LogP contribution in [0.15, 0.2) is 23.2 Å². The van der Waals surface area contributed by atoms with E-state index in [1.54, 1.807) is 11.8 Å². The Morgan fingerprint density at radius 2 is 2.36 bits per heavy atom. The molecular weight excluding hydrogens is 196 g/mol. The number of aliphatic hydroxyl groups is 1. The molecule has 3 N–H and O–H groups in total. The first-order valence-corrected chi connectivity index (χ1v) is 5.71. The van der Waals surface area contributed by atoms with Crippen molar-refractivity contribution in [1.82, 2.24) is 4.98 Å². The zero-order valence-electron chi connectivity index (χ0n) is 8.31. The minimum atomic E-state index is -0.152. The average molecular weight is 212 g/mol. The van der Waals surface area contributed by atoms with Crippen LogP contribution in [0.1, 0.15) is 25.1 Å². The minimum Gasteiger partial charge on any atom is -0.396 e. The van der Waals surface area contributed by atoms with Crippen LogP contribution in [0.25, 0.3) is 0 Å². The van der Waals surface area contributed by atoms with Crippen LogP contribution in [0, 0.1) is 0 Å². The lowest BCUT2D eigenvalue weighted by molar-refractivity contribution is 0.275. The molecule has 1 unspecified atom stereocenters. The molecule has 0 amide bonds. The van der Waals surface area contributed by atoms with Crippen LogP contribution in [0.5, 0.6) is 0 Å². The fourth-order valence-corrected chi connectivity index (χ4v) is 1.77. The largest absolute Gasteiger partial charge is 0.396 e. The fraction of sp³-hybridized carbons (Fsp3) is 0.500. The zero-order chi connectivity index (χ0) is 10.4. The third kappa shape index (κ3) is 3.29. The summed E-state index contributed by atoms with van der Waals surface area (Å²) >= 11 is 1.76. The summed E-state index contributed by atoms with van der Waals surface area (Å²) in [6, 6.07) is 3.80. The summed E-state index contributed by atoms with van der Waals surface area (Å²) in [6.45, 7) is 2.21. The Hall–Kier alpha value is -0.580. The molecule has 3 nitrogen and oxygen atoms in total. The Bertz CT molecular complexity index is 263. The summed E-state index contributed by atoms with van der Waals surface area (Å²) in [7, 11) is 0. The summed E-state index contributed by atoms with van der Waals surface area (Å²) in [5.41, 5.74) is 6.65. The molecule has 1 aromatic heterocycles. The van der Waals surface area contributed by atoms with Gasteiger partial charge in [-0.05, 0) is 24.3 Å². The van der Waals surface area contributed by atoms with Gasteiger partial charge in [0, 0.05) is 23.7 Å². The SMILES string of the molecule is CCSc1ccc(C(N)CCO)nc1. The molecule has 78 valence electrons. The Balaban J connectivity index is 2.62. The molecule has 0 saturated carbocycles. The first kappa shape index (κ1) is 11.5. The average Bonchev–Trinajstić information content (AvgIpc) is 2.20. The second kappa shape index (κ2) is 6.01. The third-order valence-corrected chi connectivity index (χ3v) is 2.75. The number of nitrogens with two attached hydrogens (primary N) is 1. The van der Waals surface area contributed by atoms with Crippen molar-refractivity contribution in [3.05, 3.63) is 24.0 Å². The molecule has 14 heavy (non-hydrogen) atoms. The number of hydrogen-bond acceptors (Lipinski definition) is 4. The van der Waals surface area contributed by atoms with Gasteiger partial charge in [-0.25, -0.2) is 0 Å². The summed E-state index contributed by atoms with van der Waals surface area (Å²) < 4.78 is 0. The monoisotopic (exact) mass is 212 g/mol. The first-order valence-electron chi connectivity index (χ1n) is 4.73. The number of thioether (sulfide) groups is 1. The molecule has 0 bridgehead atoms. The molecule has 0 saturated heterocycles. The molecule has 1 atom stereocenters. The van der Waals surface area contributed by atoms with E-state index >= 15 is 0 Å². The molecule has 0 aliphatic carbocycles. The van der Waals surface area contributed by atoms with Gasteiger partial charge in [0.05, 0.1) is 5.69 Å². The minimum absolute atomic E-state index is 0.105. The van der Waals surface area contributed by atoms with Gasteiger partial charge in [0.15, 0.2) is 0 Å². The van der Waals surface area contributed by atoms with E-state index in [2.05, 4.69) is 11.9 Å². The molecule has 0 aromatic carbocycles. The van der Waals surface area contributed by atoms with Crippen molar-refractivity contribution in [1.29, 1.82) is 0 Å². The maximum atomic E-state index is 8.72. The second-order valence-corrected chi connectivity index (χ2v) is 4.31. The van der Waals surface area contributed by atoms with Gasteiger partial charge in [0.25, 0.3) is 0 Å². The number of aliphatic hydroxyl groups excluding tert-OH is 1. The van der Waals surface area contributed by atoms with E-state index in [0.717, 1.165) is 16.3 Å². The van der Waals surface area contributed by atoms with Crippen LogP contribution in [0.4, 0.5) is 0 Å². The van der Waals surface area contributed by atoms with Gasteiger partial charge in [0.1, 0.15) is 0 Å². The Morgan fingerprint density at radius 3 is 2.86 bits per heavy atom. The Labute approximate surface area is 88.7 Å². The third-order valence-electron chi connectivity index (χ3n) is 1.89. The smallest absolute Gasteiger partial charge is 0.0572 e. The molecule has 0 aliphatic heterocycles. The van der Waals surface area contributed by atoms with Gasteiger partial charge in [-0.3, -0.25) is 4.98 Å².